The molecule has 2 aromatic carbocycles. The van der Waals surface area contributed by atoms with Crippen LogP contribution in [0.15, 0.2) is 60.7 Å². The smallest absolute Gasteiger partial charge is 0.335 e. The molecule has 1 aliphatic rings. The molecule has 2 aromatic rings. The molecule has 168 valence electrons. The Bertz CT molecular complexity index is 984. The van der Waals surface area contributed by atoms with Gasteiger partial charge in [0.15, 0.2) is 12.2 Å². The van der Waals surface area contributed by atoms with Crippen molar-refractivity contribution >= 4 is 5.97 Å². The van der Waals surface area contributed by atoms with Crippen LogP contribution in [0, 0.1) is 0 Å². The largest absolute Gasteiger partial charge is 0.479 e. The van der Waals surface area contributed by atoms with Crippen LogP contribution >= 0.6 is 0 Å². The van der Waals surface area contributed by atoms with Crippen molar-refractivity contribution in [2.45, 2.75) is 36.7 Å². The molecule has 8 nitrogen and oxygen atoms in total. The minimum atomic E-state index is -3.39. The number of aliphatic hydroxyl groups excluding tert-OH is 3. The van der Waals surface area contributed by atoms with E-state index in [1.807, 2.05) is 0 Å². The molecule has 0 aromatic heterocycles. The molecule has 3 rings (SSSR count). The van der Waals surface area contributed by atoms with Crippen LogP contribution in [-0.4, -0.2) is 88.6 Å². The fourth-order valence-corrected chi connectivity index (χ4v) is 3.51. The highest BCUT2D eigenvalue weighted by molar-refractivity contribution is 5.73. The fourth-order valence-electron chi connectivity index (χ4n) is 3.51. The second-order valence-corrected chi connectivity index (χ2v) is 7.42. The van der Waals surface area contributed by atoms with Crippen LogP contribution in [0.5, 0.6) is 0 Å². The topological polar surface area (TPSA) is 116 Å². The van der Waals surface area contributed by atoms with Gasteiger partial charge in [-0.25, -0.2) is 4.79 Å². The molecule has 8 heteroatoms. The number of carbonyl (C=O) groups is 1. The Morgan fingerprint density at radius 2 is 1.55 bits per heavy atom. The van der Waals surface area contributed by atoms with Gasteiger partial charge in [-0.3, -0.25) is 4.48 Å². The number of quaternary nitrogens is 1. The number of ether oxygens (including phenoxy) is 2. The number of nitrogens with zero attached hydrogens (tertiary/aromatic N) is 1. The Labute approximate surface area is 189 Å². The van der Waals surface area contributed by atoms with Gasteiger partial charge in [-0.1, -0.05) is 60.7 Å². The number of carboxylic acids is 1. The molecule has 1 heterocycles. The summed E-state index contributed by atoms with van der Waals surface area (Å²) in [4.78, 5) is 11.6. The molecule has 1 saturated heterocycles. The molecule has 5 atom stereocenters. The zero-order valence-electron chi connectivity index (χ0n) is 22.6. The van der Waals surface area contributed by atoms with E-state index in [0.717, 1.165) is 0 Å². The van der Waals surface area contributed by atoms with Crippen LogP contribution < -0.4 is 0 Å². The van der Waals surface area contributed by atoms with Gasteiger partial charge in [0.2, 0.25) is 6.23 Å². The van der Waals surface area contributed by atoms with E-state index in [1.165, 1.54) is 0 Å². The lowest BCUT2D eigenvalue weighted by Crippen LogP contribution is -2.68. The second-order valence-electron chi connectivity index (χ2n) is 7.42. The second kappa shape index (κ2) is 9.86. The number of rotatable bonds is 8. The quantitative estimate of drug-likeness (QED) is 0.450. The Balaban J connectivity index is 2.00. The van der Waals surface area contributed by atoms with Gasteiger partial charge in [0.05, 0.1) is 28.8 Å². The van der Waals surface area contributed by atoms with Gasteiger partial charge in [-0.05, 0) is 11.1 Å². The maximum Gasteiger partial charge on any atom is 0.335 e. The van der Waals surface area contributed by atoms with Crippen molar-refractivity contribution in [2.24, 2.45) is 0 Å². The van der Waals surface area contributed by atoms with Gasteiger partial charge in [0, 0.05) is 0 Å². The third-order valence-corrected chi connectivity index (χ3v) is 5.20. The summed E-state index contributed by atoms with van der Waals surface area (Å²) >= 11 is 0. The highest BCUT2D eigenvalue weighted by Crippen LogP contribution is 2.28. The number of aliphatic hydroxyl groups is 3. The predicted octanol–water partition coefficient (Wildman–Crippen LogP) is 0.761. The van der Waals surface area contributed by atoms with E-state index in [-0.39, 0.29) is 0 Å². The lowest BCUT2D eigenvalue weighted by atomic mass is 9.97. The molecule has 0 radical (unpaired) electrons. The van der Waals surface area contributed by atoms with Gasteiger partial charge in [0.1, 0.15) is 24.9 Å². The van der Waals surface area contributed by atoms with Gasteiger partial charge in [-0.2, -0.15) is 0 Å². The van der Waals surface area contributed by atoms with E-state index in [4.69, 9.17) is 17.7 Å². The summed E-state index contributed by atoms with van der Waals surface area (Å²) in [7, 11) is 0. The molecule has 1 aliphatic heterocycles. The van der Waals surface area contributed by atoms with Crippen molar-refractivity contribution in [3.05, 3.63) is 71.8 Å². The summed E-state index contributed by atoms with van der Waals surface area (Å²) in [6.07, 6.45) is -11.7. The van der Waals surface area contributed by atoms with Gasteiger partial charge >= 0.3 is 5.97 Å². The van der Waals surface area contributed by atoms with Crippen molar-refractivity contribution in [1.29, 1.82) is 0 Å². The first-order valence-electron chi connectivity index (χ1n) is 12.7. The minimum Gasteiger partial charge on any atom is -0.479 e. The fraction of sp³-hybridized carbons (Fsp3) is 0.435. The molecular formula is C23H30NO7+. The molecule has 31 heavy (non-hydrogen) atoms. The zero-order valence-corrected chi connectivity index (χ0v) is 16.6. The molecule has 1 fully saturated rings. The number of aliphatic carboxylic acids is 1. The first-order valence-corrected chi connectivity index (χ1v) is 9.74. The number of benzene rings is 2. The monoisotopic (exact) mass is 438 g/mol. The number of hydrogen-bond donors (Lipinski definition) is 4. The van der Waals surface area contributed by atoms with Crippen molar-refractivity contribution < 1.29 is 47.4 Å². The molecular weight excluding hydrogens is 402 g/mol. The van der Waals surface area contributed by atoms with Gasteiger partial charge < -0.3 is 29.9 Å². The molecule has 4 N–H and O–H groups in total. The summed E-state index contributed by atoms with van der Waals surface area (Å²) in [5.41, 5.74) is 1.43. The SMILES string of the molecule is [2H]C([2H])([2H])[N+](CCOC(c1ccccc1)c1ccccc1)([C@@H]1O[C@H](C(=O)O)[C@@H](O)[C@H](O)[C@H]1O)C([2H])([2H])[2H]. The maximum absolute atomic E-state index is 11.6. The third-order valence-electron chi connectivity index (χ3n) is 5.20. The number of carboxylic acid groups (broad SMARTS) is 1. The molecule has 0 bridgehead atoms. The lowest BCUT2D eigenvalue weighted by molar-refractivity contribution is -0.944. The Morgan fingerprint density at radius 1 is 1.00 bits per heavy atom. The highest BCUT2D eigenvalue weighted by Gasteiger charge is 2.52. The average molecular weight is 439 g/mol. The standard InChI is InChI=1S/C23H29NO7/c1-24(2,22-19(27)17(25)18(26)21(31-22)23(28)29)13-14-30-20(15-9-5-3-6-10-15)16-11-7-4-8-12-16/h3-12,17-22,25-27H,13-14H2,1-2H3/p+1/t17-,18-,19+,21-,22+/m0/s1/i1D3,2D3. The molecule has 0 spiro atoms. The average Bonchev–Trinajstić information content (AvgIpc) is 2.83. The van der Waals surface area contributed by atoms with Crippen LogP contribution in [-0.2, 0) is 14.3 Å². The summed E-state index contributed by atoms with van der Waals surface area (Å²) in [6.45, 7) is -8.02. The van der Waals surface area contributed by atoms with Crippen LogP contribution in [0.2, 0.25) is 0 Å². The van der Waals surface area contributed by atoms with E-state index >= 15 is 0 Å². The van der Waals surface area contributed by atoms with E-state index in [2.05, 4.69) is 0 Å². The summed E-state index contributed by atoms with van der Waals surface area (Å²) < 4.78 is 58.1. The highest BCUT2D eigenvalue weighted by atomic mass is 16.6. The van der Waals surface area contributed by atoms with Crippen LogP contribution in [0.4, 0.5) is 0 Å². The van der Waals surface area contributed by atoms with Crippen LogP contribution in [0.1, 0.15) is 25.5 Å². The lowest BCUT2D eigenvalue weighted by Gasteiger charge is -2.46. The van der Waals surface area contributed by atoms with Gasteiger partial charge in [-0.15, -0.1) is 0 Å². The van der Waals surface area contributed by atoms with Gasteiger partial charge in [0.25, 0.3) is 0 Å². The molecule has 0 amide bonds. The van der Waals surface area contributed by atoms with E-state index < -0.39 is 74.3 Å². The molecule has 0 aliphatic carbocycles. The summed E-state index contributed by atoms with van der Waals surface area (Å²) in [5, 5.41) is 40.4. The van der Waals surface area contributed by atoms with E-state index in [9.17, 15) is 25.2 Å². The summed E-state index contributed by atoms with van der Waals surface area (Å²) in [6, 6.07) is 17.9. The molecule has 0 saturated carbocycles. The van der Waals surface area contributed by atoms with Crippen molar-refractivity contribution in [3.8, 4) is 0 Å². The predicted molar refractivity (Wildman–Crippen MR) is 112 cm³/mol. The Morgan fingerprint density at radius 3 is 2.03 bits per heavy atom. The Kier molecular flexibility index (Phi) is 5.19. The number of likely N-dealkylation sites (N-methyl/N-ethyl adjacent to an activating group) is 1. The third kappa shape index (κ3) is 5.30. The van der Waals surface area contributed by atoms with E-state index in [0.29, 0.717) is 11.1 Å². The first-order chi connectivity index (χ1) is 17.2. The van der Waals surface area contributed by atoms with Crippen molar-refractivity contribution in [3.63, 3.8) is 0 Å². The van der Waals surface area contributed by atoms with Crippen molar-refractivity contribution in [1.82, 2.24) is 0 Å². The van der Waals surface area contributed by atoms with Crippen LogP contribution in [0.3, 0.4) is 0 Å². The maximum atomic E-state index is 11.6. The first kappa shape index (κ1) is 16.3. The number of hydrogen-bond acceptors (Lipinski definition) is 6. The zero-order chi connectivity index (χ0) is 27.6. The Hall–Kier alpha value is -2.33. The normalized spacial score (nSPS) is 30.4. The molecule has 0 unspecified atom stereocenters. The van der Waals surface area contributed by atoms with E-state index in [1.54, 1.807) is 60.7 Å². The minimum absolute atomic E-state index is 0.464. The van der Waals surface area contributed by atoms with Crippen molar-refractivity contribution in [2.75, 3.05) is 27.1 Å². The van der Waals surface area contributed by atoms with Crippen LogP contribution in [0.25, 0.3) is 0 Å². The summed E-state index contributed by atoms with van der Waals surface area (Å²) in [5.74, 6) is -1.76.